The molecule has 4 atom stereocenters. The van der Waals surface area contributed by atoms with Gasteiger partial charge in [0.1, 0.15) is 23.4 Å². The summed E-state index contributed by atoms with van der Waals surface area (Å²) in [7, 11) is -6.09. The van der Waals surface area contributed by atoms with Gasteiger partial charge in [0.15, 0.2) is 28.6 Å². The Bertz CT molecular complexity index is 861. The van der Waals surface area contributed by atoms with E-state index in [4.69, 9.17) is 27.6 Å². The number of aliphatic hydroxyl groups is 3. The van der Waals surface area contributed by atoms with Crippen molar-refractivity contribution in [2.24, 2.45) is 0 Å². The van der Waals surface area contributed by atoms with Crippen molar-refractivity contribution in [2.45, 2.75) is 62.8 Å². The largest absolute Gasteiger partial charge is 0.741 e. The maximum Gasteiger partial charge on any atom is 0.485 e. The fraction of sp³-hybridized carbons (Fsp3) is 0.647. The molecular formula is C17H24F3NO9S. The number of halogens is 3. The molecule has 0 bridgehead atoms. The number of pyridine rings is 1. The van der Waals surface area contributed by atoms with Gasteiger partial charge in [-0.15, -0.1) is 0 Å². The van der Waals surface area contributed by atoms with Crippen LogP contribution in [0.5, 0.6) is 0 Å². The van der Waals surface area contributed by atoms with Crippen LogP contribution in [0.25, 0.3) is 0 Å². The summed E-state index contributed by atoms with van der Waals surface area (Å²) in [5, 5.41) is 29.0. The van der Waals surface area contributed by atoms with Gasteiger partial charge in [0, 0.05) is 6.07 Å². The van der Waals surface area contributed by atoms with Crippen molar-refractivity contribution in [1.29, 1.82) is 0 Å². The van der Waals surface area contributed by atoms with Crippen LogP contribution in [-0.2, 0) is 19.6 Å². The molecule has 1 aromatic heterocycles. The number of nitrogens with zero attached hydrogens (tertiary/aromatic N) is 1. The summed E-state index contributed by atoms with van der Waals surface area (Å²) in [4.78, 5) is 12.2. The third kappa shape index (κ3) is 7.36. The number of carbonyl (C=O) groups excluding carboxylic acids is 1. The number of rotatable bonds is 5. The first-order valence-electron chi connectivity index (χ1n) is 8.92. The number of alkyl halides is 3. The van der Waals surface area contributed by atoms with Crippen molar-refractivity contribution < 1.29 is 60.3 Å². The van der Waals surface area contributed by atoms with E-state index in [9.17, 15) is 28.2 Å². The summed E-state index contributed by atoms with van der Waals surface area (Å²) < 4.78 is 71.3. The average Bonchev–Trinajstić information content (AvgIpc) is 2.95. The predicted octanol–water partition coefficient (Wildman–Crippen LogP) is -0.0176. The molecule has 178 valence electrons. The van der Waals surface area contributed by atoms with Gasteiger partial charge in [-0.1, -0.05) is 6.92 Å². The standard InChI is InChI=1S/C16H24NO6.CHF3O3S/c1-4-16(2,3)23-15(21)10-6-5-7-17(8-10)14-13(20)12(19)11(9-18)22-14;2-1(3,4)8(5,6)7/h5-8,11-14,18-20H,4,9H2,1-3H3;(H,5,6,7)/q+1;/p-1/t11-,12-,13-,14-;/m1./s1. The van der Waals surface area contributed by atoms with Gasteiger partial charge < -0.3 is 29.3 Å². The smallest absolute Gasteiger partial charge is 0.485 e. The van der Waals surface area contributed by atoms with E-state index in [-0.39, 0.29) is 0 Å². The molecule has 3 N–H and O–H groups in total. The van der Waals surface area contributed by atoms with Crippen LogP contribution in [0.1, 0.15) is 43.8 Å². The lowest BCUT2D eigenvalue weighted by molar-refractivity contribution is -0.765. The second kappa shape index (κ2) is 10.2. The van der Waals surface area contributed by atoms with Crippen LogP contribution >= 0.6 is 0 Å². The Kier molecular flexibility index (Phi) is 8.94. The molecule has 0 radical (unpaired) electrons. The number of hydrogen-bond acceptors (Lipinski definition) is 9. The molecule has 1 aromatic rings. The van der Waals surface area contributed by atoms with Crippen LogP contribution in [0.4, 0.5) is 13.2 Å². The Labute approximate surface area is 176 Å². The van der Waals surface area contributed by atoms with Crippen molar-refractivity contribution in [3.63, 3.8) is 0 Å². The second-order valence-corrected chi connectivity index (χ2v) is 8.54. The minimum Gasteiger partial charge on any atom is -0.741 e. The molecule has 1 fully saturated rings. The quantitative estimate of drug-likeness (QED) is 0.230. The van der Waals surface area contributed by atoms with E-state index in [1.165, 1.54) is 10.8 Å². The molecular weight excluding hydrogens is 451 g/mol. The lowest BCUT2D eigenvalue weighted by Gasteiger charge is -2.23. The molecule has 2 heterocycles. The molecule has 1 saturated heterocycles. The van der Waals surface area contributed by atoms with Crippen LogP contribution in [0, 0.1) is 0 Å². The van der Waals surface area contributed by atoms with Crippen LogP contribution in [0.15, 0.2) is 24.5 Å². The fourth-order valence-electron chi connectivity index (χ4n) is 2.28. The zero-order chi connectivity index (χ0) is 24.2. The van der Waals surface area contributed by atoms with E-state index in [0.717, 1.165) is 0 Å². The first-order chi connectivity index (χ1) is 14.0. The van der Waals surface area contributed by atoms with E-state index in [0.29, 0.717) is 12.0 Å². The number of ether oxygens (including phenoxy) is 2. The zero-order valence-corrected chi connectivity index (χ0v) is 17.6. The first-order valence-corrected chi connectivity index (χ1v) is 10.3. The minimum absolute atomic E-state index is 0.312. The van der Waals surface area contributed by atoms with Crippen LogP contribution in [0.2, 0.25) is 0 Å². The van der Waals surface area contributed by atoms with Gasteiger partial charge in [-0.2, -0.15) is 17.7 Å². The summed E-state index contributed by atoms with van der Waals surface area (Å²) in [6.45, 7) is 5.18. The highest BCUT2D eigenvalue weighted by Crippen LogP contribution is 2.25. The molecule has 0 aliphatic carbocycles. The van der Waals surface area contributed by atoms with Crippen molar-refractivity contribution in [3.05, 3.63) is 30.1 Å². The van der Waals surface area contributed by atoms with Crippen LogP contribution in [-0.4, -0.2) is 70.3 Å². The van der Waals surface area contributed by atoms with Gasteiger partial charge in [-0.25, -0.2) is 13.2 Å². The molecule has 0 aromatic carbocycles. The molecule has 1 aliphatic rings. The summed E-state index contributed by atoms with van der Waals surface area (Å²) in [6.07, 6.45) is -0.342. The maximum absolute atomic E-state index is 12.2. The Morgan fingerprint density at radius 2 is 1.84 bits per heavy atom. The Morgan fingerprint density at radius 3 is 2.26 bits per heavy atom. The lowest BCUT2D eigenvalue weighted by Crippen LogP contribution is -2.46. The number of carbonyl (C=O) groups is 1. The highest BCUT2D eigenvalue weighted by Gasteiger charge is 2.48. The van der Waals surface area contributed by atoms with E-state index in [2.05, 4.69) is 0 Å². The monoisotopic (exact) mass is 475 g/mol. The average molecular weight is 475 g/mol. The molecule has 14 heteroatoms. The molecule has 2 rings (SSSR count). The van der Waals surface area contributed by atoms with E-state index in [1.807, 2.05) is 20.8 Å². The predicted molar refractivity (Wildman–Crippen MR) is 95.2 cm³/mol. The summed E-state index contributed by atoms with van der Waals surface area (Å²) >= 11 is 0. The van der Waals surface area contributed by atoms with Gasteiger partial charge in [0.05, 0.1) is 6.61 Å². The van der Waals surface area contributed by atoms with Crippen molar-refractivity contribution >= 4 is 16.1 Å². The third-order valence-corrected chi connectivity index (χ3v) is 4.94. The Hall–Kier alpha value is -1.84. The number of esters is 1. The van der Waals surface area contributed by atoms with Crippen molar-refractivity contribution in [1.82, 2.24) is 0 Å². The van der Waals surface area contributed by atoms with E-state index in [1.54, 1.807) is 18.3 Å². The molecule has 10 nitrogen and oxygen atoms in total. The highest BCUT2D eigenvalue weighted by atomic mass is 32.2. The number of aromatic nitrogens is 1. The topological polar surface area (TPSA) is 157 Å². The molecule has 31 heavy (non-hydrogen) atoms. The summed E-state index contributed by atoms with van der Waals surface area (Å²) in [5.74, 6) is -0.474. The zero-order valence-electron chi connectivity index (χ0n) is 16.8. The molecule has 0 saturated carbocycles. The SMILES string of the molecule is CCC(C)(C)OC(=O)c1ccc[n+]([C@@H]2O[C@H](CO)[C@@H](O)[C@H]2O)c1.O=S(=O)([O-])C(F)(F)F. The van der Waals surface area contributed by atoms with Crippen LogP contribution < -0.4 is 4.57 Å². The van der Waals surface area contributed by atoms with Gasteiger partial charge in [-0.05, 0) is 26.3 Å². The van der Waals surface area contributed by atoms with Crippen LogP contribution in [0.3, 0.4) is 0 Å². The van der Waals surface area contributed by atoms with Gasteiger partial charge in [0.25, 0.3) is 6.23 Å². The first kappa shape index (κ1) is 27.2. The van der Waals surface area contributed by atoms with Gasteiger partial charge in [0.2, 0.25) is 0 Å². The van der Waals surface area contributed by atoms with E-state index >= 15 is 0 Å². The van der Waals surface area contributed by atoms with Gasteiger partial charge in [-0.3, -0.25) is 0 Å². The number of hydrogen-bond donors (Lipinski definition) is 3. The van der Waals surface area contributed by atoms with E-state index < -0.39 is 58.3 Å². The Balaban J connectivity index is 0.000000512. The maximum atomic E-state index is 12.2. The normalized spacial score (nSPS) is 24.3. The second-order valence-electron chi connectivity index (χ2n) is 7.17. The fourth-order valence-corrected chi connectivity index (χ4v) is 2.28. The highest BCUT2D eigenvalue weighted by molar-refractivity contribution is 7.86. The molecule has 0 unspecified atom stereocenters. The molecule has 0 amide bonds. The molecule has 0 spiro atoms. The third-order valence-electron chi connectivity index (χ3n) is 4.37. The van der Waals surface area contributed by atoms with Gasteiger partial charge >= 0.3 is 11.5 Å². The summed E-state index contributed by atoms with van der Waals surface area (Å²) in [5.41, 5.74) is -5.90. The lowest BCUT2D eigenvalue weighted by atomic mass is 10.1. The van der Waals surface area contributed by atoms with Crippen molar-refractivity contribution in [2.75, 3.05) is 6.61 Å². The Morgan fingerprint density at radius 1 is 1.29 bits per heavy atom. The summed E-state index contributed by atoms with van der Waals surface area (Å²) in [6, 6.07) is 3.23. The number of aliphatic hydroxyl groups excluding tert-OH is 3. The minimum atomic E-state index is -6.09. The van der Waals surface area contributed by atoms with Crippen molar-refractivity contribution in [3.8, 4) is 0 Å². The molecule has 1 aliphatic heterocycles.